The van der Waals surface area contributed by atoms with Crippen molar-refractivity contribution < 1.29 is 38.3 Å². The van der Waals surface area contributed by atoms with Gasteiger partial charge < -0.3 is 18.9 Å². The summed E-state index contributed by atoms with van der Waals surface area (Å²) in [6, 6.07) is 7.02. The molecular formula is C34H36N8O9. The number of nitriles is 1. The molecule has 266 valence electrons. The van der Waals surface area contributed by atoms with Gasteiger partial charge in [-0.05, 0) is 30.9 Å². The maximum Gasteiger partial charge on any atom is 0.335 e. The number of aromatic nitrogens is 5. The number of non-ortho nitro benzene ring substituents is 1. The van der Waals surface area contributed by atoms with E-state index in [0.717, 1.165) is 25.7 Å². The number of carbonyl (C=O) groups is 3. The number of nitrogens with zero attached hydrogens (tertiary/aromatic N) is 8. The number of benzene rings is 1. The van der Waals surface area contributed by atoms with Gasteiger partial charge in [0.25, 0.3) is 5.69 Å². The fourth-order valence-corrected chi connectivity index (χ4v) is 6.81. The lowest BCUT2D eigenvalue weighted by atomic mass is 9.96. The van der Waals surface area contributed by atoms with Gasteiger partial charge >= 0.3 is 18.0 Å². The Labute approximate surface area is 291 Å². The predicted octanol–water partition coefficient (Wildman–Crippen LogP) is 4.94. The highest BCUT2D eigenvalue weighted by atomic mass is 16.7. The van der Waals surface area contributed by atoms with Gasteiger partial charge in [-0.3, -0.25) is 29.1 Å². The van der Waals surface area contributed by atoms with Crippen molar-refractivity contribution in [3.05, 3.63) is 59.3 Å². The standard InChI is InChI=1S/C34H36N8O9/c1-20(43)49-24-15-29(33(44)48-3)51-30(16-24)50-28-9-8-23(42(46)47)14-27(28)39(2)34(45)40-13-11-25-31(36-19-37-32(25)40)22-17-38-41(18-22)26(10-12-35)21-6-4-5-7-21/h8-9,11,13-14,17-19,21,24,26,29-30H,4-7,10,15-16H2,1-3H3/t24-,26+,29-,30+/m0/s1. The maximum absolute atomic E-state index is 14.1. The summed E-state index contributed by atoms with van der Waals surface area (Å²) in [5.41, 5.74) is 1.23. The van der Waals surface area contributed by atoms with Crippen LogP contribution in [0.5, 0.6) is 5.75 Å². The number of anilines is 1. The molecule has 1 aliphatic carbocycles. The van der Waals surface area contributed by atoms with Crippen LogP contribution in [0.2, 0.25) is 0 Å². The summed E-state index contributed by atoms with van der Waals surface area (Å²) in [6.45, 7) is 1.24. The molecule has 0 unspecified atom stereocenters. The van der Waals surface area contributed by atoms with Gasteiger partial charge in [-0.15, -0.1) is 0 Å². The van der Waals surface area contributed by atoms with Crippen LogP contribution in [0.15, 0.2) is 49.2 Å². The molecule has 1 saturated carbocycles. The fraction of sp³-hybridized carbons (Fsp3) is 0.441. The highest BCUT2D eigenvalue weighted by Crippen LogP contribution is 2.38. The number of fused-ring (bicyclic) bond motifs is 1. The maximum atomic E-state index is 14.1. The van der Waals surface area contributed by atoms with Gasteiger partial charge in [0.15, 0.2) is 11.8 Å². The number of methoxy groups -OCH3 is 1. The largest absolute Gasteiger partial charge is 0.467 e. The van der Waals surface area contributed by atoms with E-state index >= 15 is 0 Å². The van der Waals surface area contributed by atoms with Gasteiger partial charge in [-0.1, -0.05) is 12.8 Å². The topological polar surface area (TPSA) is 207 Å². The monoisotopic (exact) mass is 700 g/mol. The molecule has 2 aliphatic rings. The minimum Gasteiger partial charge on any atom is -0.467 e. The molecule has 4 heterocycles. The van der Waals surface area contributed by atoms with Crippen LogP contribution in [0.1, 0.15) is 57.9 Å². The average Bonchev–Trinajstić information content (AvgIpc) is 3.91. The predicted molar refractivity (Wildman–Crippen MR) is 178 cm³/mol. The first-order valence-electron chi connectivity index (χ1n) is 16.4. The Kier molecular flexibility index (Phi) is 10.2. The van der Waals surface area contributed by atoms with Gasteiger partial charge in [-0.2, -0.15) is 10.4 Å². The third-order valence-electron chi connectivity index (χ3n) is 9.25. The second-order valence-corrected chi connectivity index (χ2v) is 12.5. The van der Waals surface area contributed by atoms with Crippen molar-refractivity contribution >= 4 is 40.4 Å². The van der Waals surface area contributed by atoms with E-state index in [0.29, 0.717) is 29.0 Å². The Hall–Kier alpha value is -5.89. The summed E-state index contributed by atoms with van der Waals surface area (Å²) in [7, 11) is 2.62. The normalized spacial score (nSPS) is 19.6. The van der Waals surface area contributed by atoms with E-state index < -0.39 is 41.4 Å². The number of hydrogen-bond acceptors (Lipinski definition) is 13. The SMILES string of the molecule is COC(=O)[C@@H]1C[C@H](OC(C)=O)C[C@H](Oc2ccc([N+](=O)[O-])cc2N(C)C(=O)n2ccc3c(-c4cnn([C@H](CC#N)C5CCCC5)c4)ncnc32)O1. The van der Waals surface area contributed by atoms with E-state index in [9.17, 15) is 29.8 Å². The highest BCUT2D eigenvalue weighted by molar-refractivity contribution is 6.02. The summed E-state index contributed by atoms with van der Waals surface area (Å²) in [6.07, 6.45) is 8.22. The second-order valence-electron chi connectivity index (χ2n) is 12.5. The lowest BCUT2D eigenvalue weighted by Crippen LogP contribution is -2.44. The Morgan fingerprint density at radius 1 is 1.20 bits per heavy atom. The second kappa shape index (κ2) is 14.9. The van der Waals surface area contributed by atoms with Gasteiger partial charge in [-0.25, -0.2) is 19.6 Å². The van der Waals surface area contributed by atoms with Gasteiger partial charge in [0, 0.05) is 62.3 Å². The number of carbonyl (C=O) groups excluding carboxylic acids is 3. The molecule has 51 heavy (non-hydrogen) atoms. The summed E-state index contributed by atoms with van der Waals surface area (Å²) in [4.78, 5) is 59.3. The Morgan fingerprint density at radius 3 is 2.69 bits per heavy atom. The van der Waals surface area contributed by atoms with Crippen LogP contribution in [0.3, 0.4) is 0 Å². The van der Waals surface area contributed by atoms with Gasteiger partial charge in [0.2, 0.25) is 6.29 Å². The molecule has 4 atom stereocenters. The molecular weight excluding hydrogens is 664 g/mol. The van der Waals surface area contributed by atoms with E-state index in [1.165, 1.54) is 61.3 Å². The molecule has 17 heteroatoms. The van der Waals surface area contributed by atoms with Crippen LogP contribution in [0.25, 0.3) is 22.3 Å². The fourth-order valence-electron chi connectivity index (χ4n) is 6.81. The quantitative estimate of drug-likeness (QED) is 0.122. The minimum absolute atomic E-state index is 0.0230. The first-order chi connectivity index (χ1) is 24.6. The first-order valence-corrected chi connectivity index (χ1v) is 16.4. The van der Waals surface area contributed by atoms with Gasteiger partial charge in [0.1, 0.15) is 18.2 Å². The van der Waals surface area contributed by atoms with Gasteiger partial charge in [0.05, 0.1) is 48.1 Å². The van der Waals surface area contributed by atoms with Crippen LogP contribution < -0.4 is 9.64 Å². The molecule has 1 saturated heterocycles. The average molecular weight is 701 g/mol. The summed E-state index contributed by atoms with van der Waals surface area (Å²) < 4.78 is 25.2. The Balaban J connectivity index is 1.29. The van der Waals surface area contributed by atoms with Crippen molar-refractivity contribution in [2.75, 3.05) is 19.1 Å². The third kappa shape index (κ3) is 7.36. The lowest BCUT2D eigenvalue weighted by Gasteiger charge is -2.34. The molecule has 1 aliphatic heterocycles. The zero-order valence-electron chi connectivity index (χ0n) is 28.2. The van der Waals surface area contributed by atoms with Crippen LogP contribution in [-0.4, -0.2) is 79.9 Å². The Morgan fingerprint density at radius 2 is 1.98 bits per heavy atom. The molecule has 0 spiro atoms. The summed E-state index contributed by atoms with van der Waals surface area (Å²) in [5, 5.41) is 26.4. The Bertz CT molecular complexity index is 2000. The van der Waals surface area contributed by atoms with Crippen molar-refractivity contribution in [1.82, 2.24) is 24.3 Å². The minimum atomic E-state index is -1.14. The van der Waals surface area contributed by atoms with E-state index in [1.807, 2.05) is 10.9 Å². The molecule has 6 rings (SSSR count). The summed E-state index contributed by atoms with van der Waals surface area (Å²) in [5.74, 6) is -0.853. The number of nitro groups is 1. The molecule has 2 fully saturated rings. The molecule has 0 N–H and O–H groups in total. The molecule has 0 bridgehead atoms. The summed E-state index contributed by atoms with van der Waals surface area (Å²) >= 11 is 0. The third-order valence-corrected chi connectivity index (χ3v) is 9.25. The van der Waals surface area contributed by atoms with Crippen molar-refractivity contribution in [3.63, 3.8) is 0 Å². The number of hydrogen-bond donors (Lipinski definition) is 0. The van der Waals surface area contributed by atoms with Crippen molar-refractivity contribution in [3.8, 4) is 23.1 Å². The number of rotatable bonds is 10. The van der Waals surface area contributed by atoms with Crippen molar-refractivity contribution in [1.29, 1.82) is 5.26 Å². The first kappa shape index (κ1) is 35.0. The molecule has 17 nitrogen and oxygen atoms in total. The zero-order valence-corrected chi connectivity index (χ0v) is 28.2. The van der Waals surface area contributed by atoms with E-state index in [2.05, 4.69) is 21.1 Å². The van der Waals surface area contributed by atoms with E-state index in [-0.39, 0.29) is 41.7 Å². The van der Waals surface area contributed by atoms with Crippen LogP contribution >= 0.6 is 0 Å². The molecule has 0 radical (unpaired) electrons. The lowest BCUT2D eigenvalue weighted by molar-refractivity contribution is -0.384. The number of nitro benzene ring substituents is 1. The molecule has 1 aromatic carbocycles. The highest BCUT2D eigenvalue weighted by Gasteiger charge is 2.38. The number of ether oxygens (including phenoxy) is 4. The van der Waals surface area contributed by atoms with Crippen LogP contribution in [0, 0.1) is 27.4 Å². The molecule has 3 aromatic heterocycles. The smallest absolute Gasteiger partial charge is 0.335 e. The van der Waals surface area contributed by atoms with E-state index in [4.69, 9.17) is 18.9 Å². The van der Waals surface area contributed by atoms with Crippen molar-refractivity contribution in [2.45, 2.75) is 76.4 Å². The molecule has 4 aromatic rings. The van der Waals surface area contributed by atoms with Crippen LogP contribution in [-0.2, 0) is 23.8 Å². The zero-order chi connectivity index (χ0) is 36.2. The number of amides is 1. The van der Waals surface area contributed by atoms with Crippen molar-refractivity contribution in [2.24, 2.45) is 5.92 Å². The van der Waals surface area contributed by atoms with E-state index in [1.54, 1.807) is 12.3 Å². The number of esters is 2. The van der Waals surface area contributed by atoms with Crippen LogP contribution in [0.4, 0.5) is 16.2 Å². The molecule has 1 amide bonds.